The smallest absolute Gasteiger partial charge is 0.306 e. The van der Waals surface area contributed by atoms with Gasteiger partial charge in [0.1, 0.15) is 13.2 Å². The number of unbranched alkanes of at least 4 members (excludes halogenated alkanes) is 23. The average Bonchev–Trinajstić information content (AvgIpc) is 3.40. The second kappa shape index (κ2) is 61.4. The summed E-state index contributed by atoms with van der Waals surface area (Å²) in [5.74, 6) is -0.905. The minimum absolute atomic E-state index is 0.0839. The maximum Gasteiger partial charge on any atom is 0.306 e. The third-order valence-electron chi connectivity index (χ3n) is 12.7. The lowest BCUT2D eigenvalue weighted by atomic mass is 10.1. The Balaban J connectivity index is 4.16. The molecule has 0 amide bonds. The first-order valence-corrected chi connectivity index (χ1v) is 30.5. The van der Waals surface area contributed by atoms with Gasteiger partial charge in [-0.25, -0.2) is 0 Å². The summed E-state index contributed by atoms with van der Waals surface area (Å²) in [4.78, 5) is 38.0. The molecule has 0 spiro atoms. The number of rotatable bonds is 54. The van der Waals surface area contributed by atoms with Crippen LogP contribution in [0.15, 0.2) is 122 Å². The van der Waals surface area contributed by atoms with Crippen LogP contribution in [0.25, 0.3) is 0 Å². The van der Waals surface area contributed by atoms with Crippen LogP contribution < -0.4 is 0 Å². The van der Waals surface area contributed by atoms with E-state index in [-0.39, 0.29) is 31.1 Å². The highest BCUT2D eigenvalue weighted by atomic mass is 16.6. The fourth-order valence-electron chi connectivity index (χ4n) is 8.20. The Labute approximate surface area is 456 Å². The molecule has 0 aromatic rings. The summed E-state index contributed by atoms with van der Waals surface area (Å²) < 4.78 is 16.8. The Bertz CT molecular complexity index is 1550. The average molecular weight is 1030 g/mol. The van der Waals surface area contributed by atoms with Crippen LogP contribution >= 0.6 is 0 Å². The van der Waals surface area contributed by atoms with Gasteiger partial charge in [-0.1, -0.05) is 264 Å². The molecule has 0 heterocycles. The van der Waals surface area contributed by atoms with Crippen molar-refractivity contribution in [1.29, 1.82) is 0 Å². The largest absolute Gasteiger partial charge is 0.462 e. The van der Waals surface area contributed by atoms with E-state index < -0.39 is 6.10 Å². The van der Waals surface area contributed by atoms with Crippen LogP contribution in [0.5, 0.6) is 0 Å². The molecule has 1 atom stereocenters. The fourth-order valence-corrected chi connectivity index (χ4v) is 8.20. The lowest BCUT2D eigenvalue weighted by molar-refractivity contribution is -0.167. The number of carbonyl (C=O) groups is 3. The molecule has 420 valence electrons. The van der Waals surface area contributed by atoms with E-state index in [9.17, 15) is 14.4 Å². The molecule has 0 radical (unpaired) electrons. The van der Waals surface area contributed by atoms with Crippen LogP contribution in [0.4, 0.5) is 0 Å². The van der Waals surface area contributed by atoms with Crippen molar-refractivity contribution in [1.82, 2.24) is 0 Å². The van der Waals surface area contributed by atoms with Gasteiger partial charge in [0.25, 0.3) is 0 Å². The maximum atomic E-state index is 12.8. The van der Waals surface area contributed by atoms with E-state index in [1.165, 1.54) is 96.3 Å². The Morgan fingerprint density at radius 3 is 0.824 bits per heavy atom. The first-order valence-electron chi connectivity index (χ1n) is 30.5. The zero-order chi connectivity index (χ0) is 53.6. The third-order valence-corrected chi connectivity index (χ3v) is 12.7. The van der Waals surface area contributed by atoms with E-state index >= 15 is 0 Å². The summed E-state index contributed by atoms with van der Waals surface area (Å²) in [6.45, 7) is 6.35. The van der Waals surface area contributed by atoms with Crippen molar-refractivity contribution in [2.45, 2.75) is 277 Å². The minimum atomic E-state index is -0.784. The van der Waals surface area contributed by atoms with E-state index in [1.54, 1.807) is 0 Å². The number of hydrogen-bond acceptors (Lipinski definition) is 6. The molecule has 0 aliphatic carbocycles. The Morgan fingerprint density at radius 2 is 0.527 bits per heavy atom. The monoisotopic (exact) mass is 1020 g/mol. The molecule has 0 N–H and O–H groups in total. The molecule has 0 fully saturated rings. The van der Waals surface area contributed by atoms with Crippen molar-refractivity contribution in [3.05, 3.63) is 122 Å². The van der Waals surface area contributed by atoms with Crippen molar-refractivity contribution < 1.29 is 28.6 Å². The number of ether oxygens (including phenoxy) is 3. The van der Waals surface area contributed by atoms with Gasteiger partial charge in [-0.05, 0) is 109 Å². The topological polar surface area (TPSA) is 78.9 Å². The van der Waals surface area contributed by atoms with E-state index in [0.717, 1.165) is 135 Å². The van der Waals surface area contributed by atoms with Crippen molar-refractivity contribution in [3.8, 4) is 0 Å². The van der Waals surface area contributed by atoms with Gasteiger partial charge < -0.3 is 14.2 Å². The molecule has 0 aromatic heterocycles. The normalized spacial score (nSPS) is 13.0. The van der Waals surface area contributed by atoms with Gasteiger partial charge in [-0.2, -0.15) is 0 Å². The van der Waals surface area contributed by atoms with Crippen LogP contribution in [-0.2, 0) is 28.6 Å². The third kappa shape index (κ3) is 58.7. The van der Waals surface area contributed by atoms with Crippen LogP contribution in [0.3, 0.4) is 0 Å². The summed E-state index contributed by atoms with van der Waals surface area (Å²) in [5, 5.41) is 0. The zero-order valence-electron chi connectivity index (χ0n) is 48.1. The molecule has 6 heteroatoms. The molecular weight excluding hydrogens is 913 g/mol. The molecule has 0 aromatic carbocycles. The van der Waals surface area contributed by atoms with Gasteiger partial charge in [-0.15, -0.1) is 0 Å². The summed E-state index contributed by atoms with van der Waals surface area (Å²) >= 11 is 0. The van der Waals surface area contributed by atoms with Crippen molar-refractivity contribution >= 4 is 17.9 Å². The molecule has 0 bridgehead atoms. The van der Waals surface area contributed by atoms with Gasteiger partial charge in [0.15, 0.2) is 6.10 Å². The Hall–Kier alpha value is -4.19. The SMILES string of the molecule is CC/C=C\C/C=C\C/C=C\C/C=C\C/C=C\CCCCCCCCCCCC(=O)OCC(COC(=O)CCCCCCCC)OC(=O)CCCCCCCCCCC/C=C\C/C=C\C/C=C\C/C=C\C/C=C\CC. The molecule has 0 saturated heterocycles. The first-order chi connectivity index (χ1) is 36.5. The predicted molar refractivity (Wildman–Crippen MR) is 320 cm³/mol. The van der Waals surface area contributed by atoms with Gasteiger partial charge in [0.05, 0.1) is 0 Å². The number of carbonyl (C=O) groups excluding carboxylic acids is 3. The number of esters is 3. The van der Waals surface area contributed by atoms with Crippen molar-refractivity contribution in [3.63, 3.8) is 0 Å². The standard InChI is InChI=1S/C68H112O6/c1-4-7-10-13-16-18-20-22-24-26-28-30-32-34-36-38-40-42-44-46-48-50-52-55-58-61-67(70)73-64-65(63-72-66(69)60-57-54-15-12-9-6-3)74-68(71)62-59-56-53-51-49-47-45-43-41-39-37-35-33-31-29-27-25-23-21-19-17-14-11-8-5-2/h7-8,10-11,16-19,22-25,28-31,34-37,65H,4-6,9,12-15,20-21,26-27,32-33,38-64H2,1-3H3/b10-7-,11-8-,18-16-,19-17-,24-22-,25-23-,30-28-,31-29-,36-34-,37-35-. The number of hydrogen-bond donors (Lipinski definition) is 0. The highest BCUT2D eigenvalue weighted by molar-refractivity contribution is 5.71. The van der Waals surface area contributed by atoms with Crippen LogP contribution in [-0.4, -0.2) is 37.2 Å². The quantitative estimate of drug-likeness (QED) is 0.0261. The van der Waals surface area contributed by atoms with Crippen LogP contribution in [0.2, 0.25) is 0 Å². The molecule has 74 heavy (non-hydrogen) atoms. The fraction of sp³-hybridized carbons (Fsp3) is 0.662. The number of allylic oxidation sites excluding steroid dienone is 20. The molecule has 0 saturated carbocycles. The minimum Gasteiger partial charge on any atom is -0.462 e. The van der Waals surface area contributed by atoms with E-state index in [4.69, 9.17) is 14.2 Å². The van der Waals surface area contributed by atoms with Crippen molar-refractivity contribution in [2.75, 3.05) is 13.2 Å². The highest BCUT2D eigenvalue weighted by Crippen LogP contribution is 2.15. The van der Waals surface area contributed by atoms with Gasteiger partial charge in [-0.3, -0.25) is 14.4 Å². The second-order valence-corrected chi connectivity index (χ2v) is 19.9. The Kier molecular flexibility index (Phi) is 57.9. The molecule has 0 rings (SSSR count). The zero-order valence-corrected chi connectivity index (χ0v) is 48.1. The molecule has 1 unspecified atom stereocenters. The lowest BCUT2D eigenvalue weighted by Gasteiger charge is -2.18. The molecule has 0 aliphatic rings. The van der Waals surface area contributed by atoms with E-state index in [1.807, 2.05) is 0 Å². The van der Waals surface area contributed by atoms with Crippen LogP contribution in [0.1, 0.15) is 271 Å². The molecule has 0 aliphatic heterocycles. The summed E-state index contributed by atoms with van der Waals surface area (Å²) in [6.07, 6.45) is 85.1. The van der Waals surface area contributed by atoms with Gasteiger partial charge in [0, 0.05) is 19.3 Å². The summed E-state index contributed by atoms with van der Waals surface area (Å²) in [7, 11) is 0. The van der Waals surface area contributed by atoms with E-state index in [2.05, 4.69) is 142 Å². The van der Waals surface area contributed by atoms with Crippen LogP contribution in [0, 0.1) is 0 Å². The van der Waals surface area contributed by atoms with Gasteiger partial charge in [0.2, 0.25) is 0 Å². The molecular formula is C68H112O6. The van der Waals surface area contributed by atoms with Gasteiger partial charge >= 0.3 is 17.9 Å². The predicted octanol–water partition coefficient (Wildman–Crippen LogP) is 20.8. The molecule has 6 nitrogen and oxygen atoms in total. The lowest BCUT2D eigenvalue weighted by Crippen LogP contribution is -2.30. The summed E-state index contributed by atoms with van der Waals surface area (Å²) in [6, 6.07) is 0. The summed E-state index contributed by atoms with van der Waals surface area (Å²) in [5.41, 5.74) is 0. The second-order valence-electron chi connectivity index (χ2n) is 19.9. The maximum absolute atomic E-state index is 12.8. The Morgan fingerprint density at radius 1 is 0.284 bits per heavy atom. The van der Waals surface area contributed by atoms with E-state index in [0.29, 0.717) is 19.3 Å². The first kappa shape index (κ1) is 69.8. The van der Waals surface area contributed by atoms with Crippen molar-refractivity contribution in [2.24, 2.45) is 0 Å². The highest BCUT2D eigenvalue weighted by Gasteiger charge is 2.19.